The highest BCUT2D eigenvalue weighted by molar-refractivity contribution is 7.89. The van der Waals surface area contributed by atoms with Gasteiger partial charge in [-0.15, -0.1) is 0 Å². The number of rotatable bonds is 7. The van der Waals surface area contributed by atoms with Crippen LogP contribution in [-0.4, -0.2) is 31.0 Å². The maximum atomic E-state index is 12.1. The third-order valence-corrected chi connectivity index (χ3v) is 4.17. The third kappa shape index (κ3) is 4.00. The molecule has 0 aromatic heterocycles. The molecule has 8 nitrogen and oxygen atoms in total. The molecule has 0 unspecified atom stereocenters. The number of carboxylic acids is 1. The molecule has 0 aliphatic rings. The van der Waals surface area contributed by atoms with Gasteiger partial charge < -0.3 is 5.11 Å². The number of carboxylic acid groups (broad SMARTS) is 1. The summed E-state index contributed by atoms with van der Waals surface area (Å²) in [6, 6.07) is 3.97. The summed E-state index contributed by atoms with van der Waals surface area (Å²) in [4.78, 5) is 20.0. The zero-order valence-electron chi connectivity index (χ0n) is 10.7. The summed E-state index contributed by atoms with van der Waals surface area (Å²) >= 11 is 0. The molecule has 0 atom stereocenters. The Hall–Kier alpha value is -2.00. The average molecular weight is 302 g/mol. The molecule has 0 spiro atoms. The van der Waals surface area contributed by atoms with Crippen molar-refractivity contribution in [2.24, 2.45) is 0 Å². The van der Waals surface area contributed by atoms with Gasteiger partial charge in [0.15, 0.2) is 4.90 Å². The Kier molecular flexibility index (Phi) is 5.17. The van der Waals surface area contributed by atoms with Crippen molar-refractivity contribution in [2.75, 3.05) is 6.54 Å². The summed E-state index contributed by atoms with van der Waals surface area (Å²) in [6.45, 7) is 1.36. The van der Waals surface area contributed by atoms with Crippen LogP contribution in [0.4, 0.5) is 5.69 Å². The summed E-state index contributed by atoms with van der Waals surface area (Å²) in [7, 11) is -4.05. The van der Waals surface area contributed by atoms with Crippen LogP contribution in [0.5, 0.6) is 0 Å². The number of benzene rings is 1. The van der Waals surface area contributed by atoms with E-state index in [1.807, 2.05) is 0 Å². The number of sulfonamides is 1. The third-order valence-electron chi connectivity index (χ3n) is 2.52. The highest BCUT2D eigenvalue weighted by Gasteiger charge is 2.27. The molecule has 0 saturated heterocycles. The lowest BCUT2D eigenvalue weighted by Crippen LogP contribution is -2.26. The van der Waals surface area contributed by atoms with Gasteiger partial charge in [-0.25, -0.2) is 13.1 Å². The number of hydrogen-bond acceptors (Lipinski definition) is 5. The first-order valence-electron chi connectivity index (χ1n) is 5.71. The van der Waals surface area contributed by atoms with Crippen molar-refractivity contribution in [3.8, 4) is 0 Å². The Morgan fingerprint density at radius 2 is 2.10 bits per heavy atom. The van der Waals surface area contributed by atoms with Gasteiger partial charge in [0.25, 0.3) is 5.69 Å². The van der Waals surface area contributed by atoms with Gasteiger partial charge in [0.1, 0.15) is 0 Å². The number of nitrogens with zero attached hydrogens (tertiary/aromatic N) is 1. The highest BCUT2D eigenvalue weighted by Crippen LogP contribution is 2.26. The maximum Gasteiger partial charge on any atom is 0.303 e. The van der Waals surface area contributed by atoms with Crippen molar-refractivity contribution in [1.29, 1.82) is 0 Å². The predicted molar refractivity (Wildman–Crippen MR) is 69.9 cm³/mol. The minimum atomic E-state index is -4.05. The minimum absolute atomic E-state index is 0.0971. The van der Waals surface area contributed by atoms with Gasteiger partial charge in [-0.3, -0.25) is 14.9 Å². The molecular formula is C11H14N2O6S. The van der Waals surface area contributed by atoms with Crippen molar-refractivity contribution in [2.45, 2.75) is 24.7 Å². The van der Waals surface area contributed by atoms with Crippen molar-refractivity contribution in [3.63, 3.8) is 0 Å². The second-order valence-electron chi connectivity index (χ2n) is 4.08. The van der Waals surface area contributed by atoms with E-state index in [-0.39, 0.29) is 29.8 Å². The van der Waals surface area contributed by atoms with Gasteiger partial charge >= 0.3 is 5.97 Å². The summed E-state index contributed by atoms with van der Waals surface area (Å²) in [6.07, 6.45) is -0.0768. The lowest BCUT2D eigenvalue weighted by molar-refractivity contribution is -0.387. The van der Waals surface area contributed by atoms with Crippen LogP contribution in [0.2, 0.25) is 0 Å². The van der Waals surface area contributed by atoms with Gasteiger partial charge in [-0.1, -0.05) is 12.1 Å². The fourth-order valence-corrected chi connectivity index (χ4v) is 3.12. The molecular weight excluding hydrogens is 288 g/mol. The number of nitro benzene ring substituents is 1. The SMILES string of the molecule is Cc1cccc([N+](=O)[O-])c1S(=O)(=O)NCCCC(=O)O. The van der Waals surface area contributed by atoms with Crippen molar-refractivity contribution < 1.29 is 23.2 Å². The molecule has 0 amide bonds. The summed E-state index contributed by atoms with van der Waals surface area (Å²) in [5.41, 5.74) is -0.249. The first-order chi connectivity index (χ1) is 9.25. The number of carbonyl (C=O) groups is 1. The van der Waals surface area contributed by atoms with Crippen molar-refractivity contribution in [3.05, 3.63) is 33.9 Å². The molecule has 1 rings (SSSR count). The van der Waals surface area contributed by atoms with Crippen LogP contribution in [0, 0.1) is 17.0 Å². The van der Waals surface area contributed by atoms with Crippen LogP contribution in [0.1, 0.15) is 18.4 Å². The van der Waals surface area contributed by atoms with E-state index in [1.165, 1.54) is 19.1 Å². The number of aryl methyl sites for hydroxylation is 1. The first kappa shape index (κ1) is 16.1. The molecule has 0 bridgehead atoms. The fraction of sp³-hybridized carbons (Fsp3) is 0.364. The summed E-state index contributed by atoms with van der Waals surface area (Å²) in [5, 5.41) is 19.3. The molecule has 0 fully saturated rings. The van der Waals surface area contributed by atoms with E-state index in [4.69, 9.17) is 5.11 Å². The average Bonchev–Trinajstić information content (AvgIpc) is 2.33. The summed E-state index contributed by atoms with van der Waals surface area (Å²) < 4.78 is 26.3. The molecule has 110 valence electrons. The number of aliphatic carboxylic acids is 1. The molecule has 1 aromatic rings. The van der Waals surface area contributed by atoms with E-state index in [0.29, 0.717) is 0 Å². The van der Waals surface area contributed by atoms with Crippen LogP contribution in [-0.2, 0) is 14.8 Å². The van der Waals surface area contributed by atoms with E-state index in [0.717, 1.165) is 6.07 Å². The second kappa shape index (κ2) is 6.44. The van der Waals surface area contributed by atoms with Gasteiger partial charge in [0, 0.05) is 19.0 Å². The van der Waals surface area contributed by atoms with E-state index in [2.05, 4.69) is 4.72 Å². The lowest BCUT2D eigenvalue weighted by Gasteiger charge is -2.09. The quantitative estimate of drug-likeness (QED) is 0.440. The Morgan fingerprint density at radius 1 is 1.45 bits per heavy atom. The standard InChI is InChI=1S/C11H14N2O6S/c1-8-4-2-5-9(13(16)17)11(8)20(18,19)12-7-3-6-10(14)15/h2,4-5,12H,3,6-7H2,1H3,(H,14,15). The van der Waals surface area contributed by atoms with Gasteiger partial charge in [-0.05, 0) is 18.9 Å². The first-order valence-corrected chi connectivity index (χ1v) is 7.19. The summed E-state index contributed by atoms with van der Waals surface area (Å²) in [5.74, 6) is -1.04. The lowest BCUT2D eigenvalue weighted by atomic mass is 10.2. The van der Waals surface area contributed by atoms with E-state index >= 15 is 0 Å². The molecule has 1 aromatic carbocycles. The van der Waals surface area contributed by atoms with E-state index in [9.17, 15) is 23.3 Å². The predicted octanol–water partition coefficient (Wildman–Crippen LogP) is 1.05. The number of hydrogen-bond donors (Lipinski definition) is 2. The maximum absolute atomic E-state index is 12.1. The van der Waals surface area contributed by atoms with Crippen LogP contribution < -0.4 is 4.72 Å². The van der Waals surface area contributed by atoms with Gasteiger partial charge in [0.2, 0.25) is 10.0 Å². The Labute approximate surface area is 115 Å². The van der Waals surface area contributed by atoms with Crippen LogP contribution in [0.3, 0.4) is 0 Å². The molecule has 0 aliphatic heterocycles. The number of nitro groups is 1. The number of nitrogens with one attached hydrogen (secondary N) is 1. The topological polar surface area (TPSA) is 127 Å². The van der Waals surface area contributed by atoms with Crippen LogP contribution >= 0.6 is 0 Å². The molecule has 0 aliphatic carbocycles. The molecule has 20 heavy (non-hydrogen) atoms. The molecule has 0 saturated carbocycles. The van der Waals surface area contributed by atoms with Gasteiger partial charge in [-0.2, -0.15) is 0 Å². The van der Waals surface area contributed by atoms with E-state index in [1.54, 1.807) is 0 Å². The van der Waals surface area contributed by atoms with Crippen molar-refractivity contribution in [1.82, 2.24) is 4.72 Å². The Balaban J connectivity index is 2.98. The monoisotopic (exact) mass is 302 g/mol. The Bertz CT molecular complexity index is 626. The molecule has 2 N–H and O–H groups in total. The molecule has 0 heterocycles. The molecule has 9 heteroatoms. The zero-order chi connectivity index (χ0) is 15.3. The normalized spacial score (nSPS) is 11.2. The van der Waals surface area contributed by atoms with Crippen molar-refractivity contribution >= 4 is 21.7 Å². The second-order valence-corrected chi connectivity index (χ2v) is 5.78. The van der Waals surface area contributed by atoms with Crippen LogP contribution in [0.25, 0.3) is 0 Å². The Morgan fingerprint density at radius 3 is 2.65 bits per heavy atom. The van der Waals surface area contributed by atoms with E-state index < -0.39 is 26.6 Å². The molecule has 0 radical (unpaired) electrons. The minimum Gasteiger partial charge on any atom is -0.481 e. The zero-order valence-corrected chi connectivity index (χ0v) is 11.5. The largest absolute Gasteiger partial charge is 0.481 e. The fourth-order valence-electron chi connectivity index (χ4n) is 1.65. The smallest absolute Gasteiger partial charge is 0.303 e. The highest BCUT2D eigenvalue weighted by atomic mass is 32.2. The van der Waals surface area contributed by atoms with Gasteiger partial charge in [0.05, 0.1) is 4.92 Å². The van der Waals surface area contributed by atoms with Crippen LogP contribution in [0.15, 0.2) is 23.1 Å².